The van der Waals surface area contributed by atoms with Crippen LogP contribution in [0.15, 0.2) is 47.8 Å². The second-order valence-corrected chi connectivity index (χ2v) is 4.61. The summed E-state index contributed by atoms with van der Waals surface area (Å²) in [5, 5.41) is 11.5. The third kappa shape index (κ3) is 2.67. The Balaban J connectivity index is 2.12. The Kier molecular flexibility index (Phi) is 3.54. The quantitative estimate of drug-likeness (QED) is 0.836. The summed E-state index contributed by atoms with van der Waals surface area (Å²) < 4.78 is 0. The number of thiophene rings is 1. The van der Waals surface area contributed by atoms with Crippen molar-refractivity contribution in [3.05, 3.63) is 58.3 Å². The largest absolute Gasteiger partial charge is 0.396 e. The highest BCUT2D eigenvalue weighted by Crippen LogP contribution is 2.22. The zero-order valence-electron chi connectivity index (χ0n) is 8.47. The van der Waals surface area contributed by atoms with Crippen molar-refractivity contribution in [2.75, 3.05) is 6.61 Å². The number of aliphatic hydroxyl groups excluding tert-OH is 1. The zero-order chi connectivity index (χ0) is 10.5. The minimum Gasteiger partial charge on any atom is -0.396 e. The van der Waals surface area contributed by atoms with Gasteiger partial charge in [-0.3, -0.25) is 0 Å². The molecule has 15 heavy (non-hydrogen) atoms. The second-order valence-electron chi connectivity index (χ2n) is 3.57. The van der Waals surface area contributed by atoms with E-state index in [0.717, 1.165) is 6.42 Å². The molecule has 1 atom stereocenters. The summed E-state index contributed by atoms with van der Waals surface area (Å²) in [6, 6.07) is 14.4. The highest BCUT2D eigenvalue weighted by Gasteiger charge is 2.11. The van der Waals surface area contributed by atoms with Crippen LogP contribution in [-0.2, 0) is 6.42 Å². The average molecular weight is 218 g/mol. The molecule has 0 bridgehead atoms. The molecule has 1 heterocycles. The van der Waals surface area contributed by atoms with Gasteiger partial charge >= 0.3 is 0 Å². The Hall–Kier alpha value is -1.12. The van der Waals surface area contributed by atoms with Gasteiger partial charge in [0.1, 0.15) is 0 Å². The van der Waals surface area contributed by atoms with E-state index in [1.165, 1.54) is 10.4 Å². The molecule has 1 unspecified atom stereocenters. The van der Waals surface area contributed by atoms with Crippen LogP contribution >= 0.6 is 11.3 Å². The topological polar surface area (TPSA) is 20.2 Å². The minimum absolute atomic E-state index is 0.210. The Labute approximate surface area is 94.0 Å². The van der Waals surface area contributed by atoms with Gasteiger partial charge in [-0.2, -0.15) is 0 Å². The molecule has 0 aliphatic rings. The van der Waals surface area contributed by atoms with E-state index in [0.29, 0.717) is 0 Å². The number of benzene rings is 1. The number of hydrogen-bond donors (Lipinski definition) is 1. The van der Waals surface area contributed by atoms with Gasteiger partial charge in [0.15, 0.2) is 0 Å². The van der Waals surface area contributed by atoms with E-state index < -0.39 is 0 Å². The lowest BCUT2D eigenvalue weighted by Crippen LogP contribution is -2.06. The first-order valence-corrected chi connectivity index (χ1v) is 5.96. The molecule has 1 N–H and O–H groups in total. The summed E-state index contributed by atoms with van der Waals surface area (Å²) >= 11 is 1.75. The third-order valence-corrected chi connectivity index (χ3v) is 3.42. The van der Waals surface area contributed by atoms with Gasteiger partial charge in [-0.15, -0.1) is 11.3 Å². The maximum atomic E-state index is 9.38. The van der Waals surface area contributed by atoms with Crippen LogP contribution in [-0.4, -0.2) is 11.7 Å². The molecule has 0 spiro atoms. The lowest BCUT2D eigenvalue weighted by atomic mass is 9.96. The average Bonchev–Trinajstić information content (AvgIpc) is 2.80. The first kappa shape index (κ1) is 10.4. The molecular formula is C13H14OS. The van der Waals surface area contributed by atoms with E-state index in [4.69, 9.17) is 0 Å². The van der Waals surface area contributed by atoms with Crippen molar-refractivity contribution in [2.24, 2.45) is 0 Å². The van der Waals surface area contributed by atoms with Gasteiger partial charge in [0, 0.05) is 10.8 Å². The molecule has 0 saturated heterocycles. The van der Waals surface area contributed by atoms with Gasteiger partial charge in [0.2, 0.25) is 0 Å². The molecule has 2 aromatic rings. The van der Waals surface area contributed by atoms with Gasteiger partial charge < -0.3 is 5.11 Å². The van der Waals surface area contributed by atoms with Crippen molar-refractivity contribution >= 4 is 11.3 Å². The molecule has 78 valence electrons. The predicted octanol–water partition coefficient (Wildman–Crippen LogP) is 3.07. The van der Waals surface area contributed by atoms with Crippen LogP contribution < -0.4 is 0 Å². The summed E-state index contributed by atoms with van der Waals surface area (Å²) in [4.78, 5) is 1.33. The van der Waals surface area contributed by atoms with E-state index >= 15 is 0 Å². The van der Waals surface area contributed by atoms with E-state index in [-0.39, 0.29) is 12.5 Å². The second kappa shape index (κ2) is 5.10. The van der Waals surface area contributed by atoms with Crippen molar-refractivity contribution in [1.82, 2.24) is 0 Å². The van der Waals surface area contributed by atoms with Gasteiger partial charge in [-0.25, -0.2) is 0 Å². The molecule has 0 aliphatic carbocycles. The lowest BCUT2D eigenvalue weighted by Gasteiger charge is -2.13. The standard InChI is InChI=1S/C13H14OS/c14-10-12(9-13-7-4-8-15-13)11-5-2-1-3-6-11/h1-8,12,14H,9-10H2. The molecule has 2 heteroatoms. The van der Waals surface area contributed by atoms with Crippen LogP contribution in [0.1, 0.15) is 16.4 Å². The minimum atomic E-state index is 0.210. The van der Waals surface area contributed by atoms with Crippen molar-refractivity contribution in [1.29, 1.82) is 0 Å². The Morgan fingerprint density at radius 3 is 2.47 bits per heavy atom. The molecule has 0 fully saturated rings. The van der Waals surface area contributed by atoms with Crippen LogP contribution in [0.3, 0.4) is 0 Å². The maximum absolute atomic E-state index is 9.38. The summed E-state index contributed by atoms with van der Waals surface area (Å²) in [6.07, 6.45) is 0.929. The van der Waals surface area contributed by atoms with Crippen LogP contribution in [0.25, 0.3) is 0 Å². The monoisotopic (exact) mass is 218 g/mol. The molecule has 1 nitrogen and oxygen atoms in total. The lowest BCUT2D eigenvalue weighted by molar-refractivity contribution is 0.265. The Bertz CT molecular complexity index is 380. The van der Waals surface area contributed by atoms with Gasteiger partial charge in [-0.1, -0.05) is 36.4 Å². The van der Waals surface area contributed by atoms with E-state index in [1.54, 1.807) is 11.3 Å². The molecular weight excluding hydrogens is 204 g/mol. The fourth-order valence-electron chi connectivity index (χ4n) is 1.68. The Morgan fingerprint density at radius 2 is 1.87 bits per heavy atom. The first-order chi connectivity index (χ1) is 7.40. The summed E-state index contributed by atoms with van der Waals surface area (Å²) in [5.41, 5.74) is 1.22. The fraction of sp³-hybridized carbons (Fsp3) is 0.231. The third-order valence-electron chi connectivity index (χ3n) is 2.52. The number of hydrogen-bond acceptors (Lipinski definition) is 2. The normalized spacial score (nSPS) is 12.6. The van der Waals surface area contributed by atoms with Crippen LogP contribution in [0.4, 0.5) is 0 Å². The number of rotatable bonds is 4. The summed E-state index contributed by atoms with van der Waals surface area (Å²) in [5.74, 6) is 0.227. The molecule has 0 amide bonds. The van der Waals surface area contributed by atoms with Gasteiger partial charge in [0.25, 0.3) is 0 Å². The highest BCUT2D eigenvalue weighted by atomic mass is 32.1. The highest BCUT2D eigenvalue weighted by molar-refractivity contribution is 7.09. The zero-order valence-corrected chi connectivity index (χ0v) is 9.28. The molecule has 0 saturated carbocycles. The van der Waals surface area contributed by atoms with E-state index in [9.17, 15) is 5.11 Å². The predicted molar refractivity (Wildman–Crippen MR) is 64.3 cm³/mol. The maximum Gasteiger partial charge on any atom is 0.0503 e. The van der Waals surface area contributed by atoms with Gasteiger partial charge in [-0.05, 0) is 23.4 Å². The van der Waals surface area contributed by atoms with Crippen molar-refractivity contribution in [3.63, 3.8) is 0 Å². The summed E-state index contributed by atoms with van der Waals surface area (Å²) in [6.45, 7) is 0.210. The summed E-state index contributed by atoms with van der Waals surface area (Å²) in [7, 11) is 0. The molecule has 1 aromatic carbocycles. The Morgan fingerprint density at radius 1 is 1.07 bits per heavy atom. The molecule has 0 aliphatic heterocycles. The van der Waals surface area contributed by atoms with Crippen LogP contribution in [0.2, 0.25) is 0 Å². The van der Waals surface area contributed by atoms with Crippen molar-refractivity contribution in [3.8, 4) is 0 Å². The number of aliphatic hydroxyl groups is 1. The van der Waals surface area contributed by atoms with E-state index in [1.807, 2.05) is 18.2 Å². The smallest absolute Gasteiger partial charge is 0.0503 e. The molecule has 2 rings (SSSR count). The molecule has 1 aromatic heterocycles. The van der Waals surface area contributed by atoms with Crippen LogP contribution in [0, 0.1) is 0 Å². The molecule has 0 radical (unpaired) electrons. The van der Waals surface area contributed by atoms with Gasteiger partial charge in [0.05, 0.1) is 6.61 Å². The van der Waals surface area contributed by atoms with E-state index in [2.05, 4.69) is 29.6 Å². The first-order valence-electron chi connectivity index (χ1n) is 5.08. The SMILES string of the molecule is OCC(Cc1cccs1)c1ccccc1. The van der Waals surface area contributed by atoms with Crippen LogP contribution in [0.5, 0.6) is 0 Å². The van der Waals surface area contributed by atoms with Crippen molar-refractivity contribution in [2.45, 2.75) is 12.3 Å². The fourth-order valence-corrected chi connectivity index (χ4v) is 2.47. The van der Waals surface area contributed by atoms with Crippen molar-refractivity contribution < 1.29 is 5.11 Å².